The smallest absolute Gasteiger partial charge is 0.264 e. The Hall–Kier alpha value is -2.73. The molecule has 2 aliphatic rings. The molecule has 1 amide bonds. The third-order valence-electron chi connectivity index (χ3n) is 6.43. The van der Waals surface area contributed by atoms with Gasteiger partial charge in [0, 0.05) is 18.5 Å². The molecule has 30 heavy (non-hydrogen) atoms. The first-order chi connectivity index (χ1) is 14.4. The summed E-state index contributed by atoms with van der Waals surface area (Å²) in [5.41, 5.74) is 1.88. The lowest BCUT2D eigenvalue weighted by Crippen LogP contribution is -2.46. The number of carbonyl (C=O) groups is 1. The standard InChI is InChI=1S/C24H26F2N2O2/c1-4-10-27-11-8-24(9-12-27)15-28(22-16(2)13-17(30-3)14-18(22)24)23(29)21-19(25)6-5-7-20(21)26/h4-7,13-14H,1,8-12,15H2,2-3H3. The molecule has 0 aliphatic carbocycles. The van der Waals surface area contributed by atoms with Crippen molar-refractivity contribution in [2.24, 2.45) is 0 Å². The summed E-state index contributed by atoms with van der Waals surface area (Å²) in [5.74, 6) is -1.58. The molecular formula is C24H26F2N2O2. The highest BCUT2D eigenvalue weighted by atomic mass is 19.1. The van der Waals surface area contributed by atoms with E-state index in [2.05, 4.69) is 11.5 Å². The van der Waals surface area contributed by atoms with Gasteiger partial charge in [-0.2, -0.15) is 0 Å². The molecule has 4 rings (SSSR count). The number of methoxy groups -OCH3 is 1. The number of amides is 1. The Morgan fingerprint density at radius 2 is 1.90 bits per heavy atom. The molecule has 4 nitrogen and oxygen atoms in total. The van der Waals surface area contributed by atoms with Gasteiger partial charge in [-0.15, -0.1) is 6.58 Å². The maximum absolute atomic E-state index is 14.4. The summed E-state index contributed by atoms with van der Waals surface area (Å²) in [6.07, 6.45) is 3.60. The zero-order valence-electron chi connectivity index (χ0n) is 17.4. The summed E-state index contributed by atoms with van der Waals surface area (Å²) in [6, 6.07) is 7.36. The molecule has 0 radical (unpaired) electrons. The quantitative estimate of drug-likeness (QED) is 0.695. The van der Waals surface area contributed by atoms with Crippen molar-refractivity contribution < 1.29 is 18.3 Å². The van der Waals surface area contributed by atoms with Gasteiger partial charge in [-0.3, -0.25) is 9.69 Å². The van der Waals surface area contributed by atoms with E-state index < -0.39 is 23.1 Å². The van der Waals surface area contributed by atoms with Crippen molar-refractivity contribution in [3.05, 3.63) is 71.3 Å². The number of aryl methyl sites for hydroxylation is 1. The predicted molar refractivity (Wildman–Crippen MR) is 113 cm³/mol. The molecule has 0 atom stereocenters. The first kappa shape index (κ1) is 20.5. The van der Waals surface area contributed by atoms with Crippen molar-refractivity contribution in [2.45, 2.75) is 25.2 Å². The second-order valence-corrected chi connectivity index (χ2v) is 8.20. The summed E-state index contributed by atoms with van der Waals surface area (Å²) in [5, 5.41) is 0. The number of benzene rings is 2. The molecule has 0 bridgehead atoms. The van der Waals surface area contributed by atoms with E-state index in [9.17, 15) is 13.6 Å². The van der Waals surface area contributed by atoms with Crippen LogP contribution in [-0.2, 0) is 5.41 Å². The van der Waals surface area contributed by atoms with Gasteiger partial charge in [0.05, 0.1) is 12.8 Å². The zero-order chi connectivity index (χ0) is 21.5. The minimum absolute atomic E-state index is 0.260. The third-order valence-corrected chi connectivity index (χ3v) is 6.43. The van der Waals surface area contributed by atoms with Crippen LogP contribution >= 0.6 is 0 Å². The number of anilines is 1. The molecule has 2 heterocycles. The second kappa shape index (κ2) is 7.84. The fourth-order valence-electron chi connectivity index (χ4n) is 4.88. The summed E-state index contributed by atoms with van der Waals surface area (Å²) < 4.78 is 34.3. The Kier molecular flexibility index (Phi) is 5.36. The van der Waals surface area contributed by atoms with Crippen LogP contribution < -0.4 is 9.64 Å². The number of hydrogen-bond donors (Lipinski definition) is 0. The lowest BCUT2D eigenvalue weighted by molar-refractivity contribution is 0.0969. The van der Waals surface area contributed by atoms with Crippen LogP contribution in [0.3, 0.4) is 0 Å². The Balaban J connectivity index is 1.79. The molecule has 1 fully saturated rings. The maximum atomic E-state index is 14.4. The third kappa shape index (κ3) is 3.29. The molecule has 0 saturated carbocycles. The van der Waals surface area contributed by atoms with E-state index in [0.29, 0.717) is 6.54 Å². The van der Waals surface area contributed by atoms with Crippen LogP contribution in [0, 0.1) is 18.6 Å². The van der Waals surface area contributed by atoms with E-state index in [1.165, 1.54) is 6.07 Å². The molecule has 2 aromatic carbocycles. The number of nitrogens with zero attached hydrogens (tertiary/aromatic N) is 2. The monoisotopic (exact) mass is 412 g/mol. The highest BCUT2D eigenvalue weighted by molar-refractivity contribution is 6.08. The summed E-state index contributed by atoms with van der Waals surface area (Å²) in [4.78, 5) is 17.2. The van der Waals surface area contributed by atoms with Crippen LogP contribution in [0.25, 0.3) is 0 Å². The van der Waals surface area contributed by atoms with E-state index >= 15 is 0 Å². The number of ether oxygens (including phenoxy) is 1. The minimum Gasteiger partial charge on any atom is -0.497 e. The van der Waals surface area contributed by atoms with Gasteiger partial charge in [0.25, 0.3) is 5.91 Å². The van der Waals surface area contributed by atoms with E-state index in [0.717, 1.165) is 67.2 Å². The number of halogens is 2. The molecule has 6 heteroatoms. The lowest BCUT2D eigenvalue weighted by atomic mass is 9.74. The Morgan fingerprint density at radius 3 is 2.50 bits per heavy atom. The number of carbonyl (C=O) groups excluding carboxylic acids is 1. The fourth-order valence-corrected chi connectivity index (χ4v) is 4.88. The van der Waals surface area contributed by atoms with Crippen LogP contribution in [0.2, 0.25) is 0 Å². The number of fused-ring (bicyclic) bond motifs is 2. The van der Waals surface area contributed by atoms with Crippen LogP contribution in [-0.4, -0.2) is 44.1 Å². The minimum atomic E-state index is -0.838. The lowest BCUT2D eigenvalue weighted by Gasteiger charge is -2.39. The largest absolute Gasteiger partial charge is 0.497 e. The molecule has 0 unspecified atom stereocenters. The Bertz CT molecular complexity index is 977. The van der Waals surface area contributed by atoms with Crippen LogP contribution in [0.5, 0.6) is 5.75 Å². The van der Waals surface area contributed by atoms with Crippen molar-refractivity contribution in [2.75, 3.05) is 38.2 Å². The van der Waals surface area contributed by atoms with Gasteiger partial charge in [-0.05, 0) is 68.2 Å². The van der Waals surface area contributed by atoms with Crippen molar-refractivity contribution in [1.82, 2.24) is 4.90 Å². The zero-order valence-corrected chi connectivity index (χ0v) is 17.4. The molecule has 0 aromatic heterocycles. The molecule has 1 saturated heterocycles. The van der Waals surface area contributed by atoms with E-state index in [1.807, 2.05) is 25.1 Å². The van der Waals surface area contributed by atoms with Crippen molar-refractivity contribution in [3.63, 3.8) is 0 Å². The molecule has 0 N–H and O–H groups in total. The molecular weight excluding hydrogens is 386 g/mol. The summed E-state index contributed by atoms with van der Waals surface area (Å²) >= 11 is 0. The average molecular weight is 412 g/mol. The van der Waals surface area contributed by atoms with Crippen molar-refractivity contribution in [1.29, 1.82) is 0 Å². The van der Waals surface area contributed by atoms with Gasteiger partial charge < -0.3 is 9.64 Å². The highest BCUT2D eigenvalue weighted by Gasteiger charge is 2.47. The molecule has 158 valence electrons. The van der Waals surface area contributed by atoms with Gasteiger partial charge >= 0.3 is 0 Å². The molecule has 1 spiro atoms. The highest BCUT2D eigenvalue weighted by Crippen LogP contribution is 2.50. The van der Waals surface area contributed by atoms with E-state index in [1.54, 1.807) is 12.0 Å². The van der Waals surface area contributed by atoms with Crippen LogP contribution in [0.4, 0.5) is 14.5 Å². The Morgan fingerprint density at radius 1 is 1.23 bits per heavy atom. The van der Waals surface area contributed by atoms with Crippen LogP contribution in [0.15, 0.2) is 43.0 Å². The second-order valence-electron chi connectivity index (χ2n) is 8.20. The van der Waals surface area contributed by atoms with Gasteiger partial charge in [0.15, 0.2) is 0 Å². The Labute approximate surface area is 175 Å². The van der Waals surface area contributed by atoms with Gasteiger partial charge in [0.2, 0.25) is 0 Å². The molecule has 2 aliphatic heterocycles. The van der Waals surface area contributed by atoms with E-state index in [4.69, 9.17) is 4.74 Å². The molecule has 2 aromatic rings. The number of piperidine rings is 1. The SMILES string of the molecule is C=CCN1CCC2(CC1)CN(C(=O)c1c(F)cccc1F)c1c(C)cc(OC)cc12. The van der Waals surface area contributed by atoms with Crippen LogP contribution in [0.1, 0.15) is 34.3 Å². The number of rotatable bonds is 4. The summed E-state index contributed by atoms with van der Waals surface area (Å²) in [6.45, 7) is 8.70. The topological polar surface area (TPSA) is 32.8 Å². The van der Waals surface area contributed by atoms with Gasteiger partial charge in [-0.25, -0.2) is 8.78 Å². The normalized spacial score (nSPS) is 17.8. The fraction of sp³-hybridized carbons (Fsp3) is 0.375. The number of hydrogen-bond acceptors (Lipinski definition) is 3. The van der Waals surface area contributed by atoms with Gasteiger partial charge in [0.1, 0.15) is 22.9 Å². The summed E-state index contributed by atoms with van der Waals surface area (Å²) in [7, 11) is 1.62. The van der Waals surface area contributed by atoms with Crippen molar-refractivity contribution >= 4 is 11.6 Å². The van der Waals surface area contributed by atoms with Gasteiger partial charge in [-0.1, -0.05) is 12.1 Å². The first-order valence-electron chi connectivity index (χ1n) is 10.2. The first-order valence-corrected chi connectivity index (χ1v) is 10.2. The predicted octanol–water partition coefficient (Wildman–Crippen LogP) is 4.46. The maximum Gasteiger partial charge on any atom is 0.264 e. The van der Waals surface area contributed by atoms with E-state index in [-0.39, 0.29) is 5.41 Å². The number of likely N-dealkylation sites (tertiary alicyclic amines) is 1. The van der Waals surface area contributed by atoms with Crippen molar-refractivity contribution in [3.8, 4) is 5.75 Å². The average Bonchev–Trinajstić information content (AvgIpc) is 3.04.